The van der Waals surface area contributed by atoms with Gasteiger partial charge in [-0.2, -0.15) is 0 Å². The minimum atomic E-state index is -0.912. The Balaban J connectivity index is 2.03. The normalized spacial score (nSPS) is 15.6. The zero-order valence-corrected chi connectivity index (χ0v) is 14.8. The number of nitrogens with one attached hydrogen (secondary N) is 1. The molecule has 4 heteroatoms. The molecule has 0 spiro atoms. The van der Waals surface area contributed by atoms with E-state index in [1.165, 1.54) is 27.6 Å². The summed E-state index contributed by atoms with van der Waals surface area (Å²) in [6.07, 6.45) is 0. The van der Waals surface area contributed by atoms with Crippen LogP contribution in [0.4, 0.5) is 5.69 Å². The predicted octanol–water partition coefficient (Wildman–Crippen LogP) is 6.38. The lowest BCUT2D eigenvalue weighted by molar-refractivity contribution is 1.56. The Morgan fingerprint density at radius 1 is 0.864 bits per heavy atom. The van der Waals surface area contributed by atoms with Crippen LogP contribution in [0.3, 0.4) is 0 Å². The van der Waals surface area contributed by atoms with Crippen LogP contribution in [0, 0.1) is 0 Å². The largest absolute Gasteiger partial charge is 0.348 e. The van der Waals surface area contributed by atoms with Crippen molar-refractivity contribution in [1.29, 1.82) is 0 Å². The third kappa shape index (κ3) is 2.36. The van der Waals surface area contributed by atoms with Gasteiger partial charge in [0.05, 0.1) is 0 Å². The van der Waals surface area contributed by atoms with Crippen molar-refractivity contribution < 1.29 is 0 Å². The summed E-state index contributed by atoms with van der Waals surface area (Å²) in [5.41, 5.74) is 5.99. The van der Waals surface area contributed by atoms with Crippen LogP contribution in [0.25, 0.3) is 22.3 Å². The SMILES string of the molecule is ClP1Nc2cc(Br)ccc2-c2c(-c3ccccc3)cccc21. The highest BCUT2D eigenvalue weighted by Crippen LogP contribution is 2.52. The van der Waals surface area contributed by atoms with Crippen molar-refractivity contribution in [3.8, 4) is 22.3 Å². The molecule has 1 heterocycles. The van der Waals surface area contributed by atoms with Gasteiger partial charge in [0.25, 0.3) is 0 Å². The van der Waals surface area contributed by atoms with Gasteiger partial charge in [0.15, 0.2) is 0 Å². The van der Waals surface area contributed by atoms with Gasteiger partial charge in [-0.3, -0.25) is 0 Å². The lowest BCUT2D eigenvalue weighted by Crippen LogP contribution is -2.14. The van der Waals surface area contributed by atoms with Crippen LogP contribution in [0.1, 0.15) is 0 Å². The summed E-state index contributed by atoms with van der Waals surface area (Å²) in [5, 5.41) is 4.62. The molecule has 1 atom stereocenters. The molecule has 1 nitrogen and oxygen atoms in total. The molecule has 0 bridgehead atoms. The van der Waals surface area contributed by atoms with E-state index in [2.05, 4.69) is 81.7 Å². The molecule has 0 saturated heterocycles. The van der Waals surface area contributed by atoms with Crippen LogP contribution < -0.4 is 10.4 Å². The summed E-state index contributed by atoms with van der Waals surface area (Å²) in [7, 11) is -0.912. The van der Waals surface area contributed by atoms with Crippen LogP contribution in [0.2, 0.25) is 0 Å². The van der Waals surface area contributed by atoms with Crippen LogP contribution in [0.15, 0.2) is 71.2 Å². The molecule has 0 amide bonds. The first-order chi connectivity index (χ1) is 10.7. The summed E-state index contributed by atoms with van der Waals surface area (Å²) in [6.45, 7) is 0. The summed E-state index contributed by atoms with van der Waals surface area (Å²) in [6, 6.07) is 23.2. The molecule has 1 aliphatic heterocycles. The van der Waals surface area contributed by atoms with E-state index < -0.39 is 7.43 Å². The van der Waals surface area contributed by atoms with Crippen molar-refractivity contribution in [3.05, 3.63) is 71.2 Å². The summed E-state index contributed by atoms with van der Waals surface area (Å²) >= 11 is 10.2. The average molecular weight is 389 g/mol. The minimum Gasteiger partial charge on any atom is -0.348 e. The molecule has 0 saturated carbocycles. The highest BCUT2D eigenvalue weighted by Gasteiger charge is 2.25. The maximum absolute atomic E-state index is 6.63. The van der Waals surface area contributed by atoms with Crippen molar-refractivity contribution in [2.75, 3.05) is 5.09 Å². The third-order valence-electron chi connectivity index (χ3n) is 3.81. The molecule has 1 N–H and O–H groups in total. The van der Waals surface area contributed by atoms with Gasteiger partial charge in [0.1, 0.15) is 7.43 Å². The average Bonchev–Trinajstić information content (AvgIpc) is 2.55. The molecule has 1 aliphatic rings. The lowest BCUT2D eigenvalue weighted by atomic mass is 9.93. The fraction of sp³-hybridized carbons (Fsp3) is 0. The number of fused-ring (bicyclic) bond motifs is 3. The first kappa shape index (κ1) is 14.3. The first-order valence-electron chi connectivity index (χ1n) is 6.95. The van der Waals surface area contributed by atoms with Gasteiger partial charge in [-0.05, 0) is 23.3 Å². The Labute approximate surface area is 144 Å². The van der Waals surface area contributed by atoms with Gasteiger partial charge < -0.3 is 5.09 Å². The minimum absolute atomic E-state index is 0.912. The van der Waals surface area contributed by atoms with Crippen LogP contribution >= 0.6 is 34.6 Å². The third-order valence-corrected chi connectivity index (χ3v) is 6.33. The molecule has 22 heavy (non-hydrogen) atoms. The fourth-order valence-corrected chi connectivity index (χ4v) is 5.07. The molecule has 4 rings (SSSR count). The quantitative estimate of drug-likeness (QED) is 0.477. The van der Waals surface area contributed by atoms with E-state index in [-0.39, 0.29) is 0 Å². The highest BCUT2D eigenvalue weighted by molar-refractivity contribution is 9.10. The van der Waals surface area contributed by atoms with Gasteiger partial charge in [-0.1, -0.05) is 81.8 Å². The number of hydrogen-bond acceptors (Lipinski definition) is 1. The molecule has 3 aromatic carbocycles. The molecule has 3 aromatic rings. The molecule has 108 valence electrons. The summed E-state index contributed by atoms with van der Waals surface area (Å²) in [4.78, 5) is 0. The van der Waals surface area contributed by atoms with Crippen molar-refractivity contribution in [3.63, 3.8) is 0 Å². The van der Waals surface area contributed by atoms with Crippen molar-refractivity contribution in [2.24, 2.45) is 0 Å². The van der Waals surface area contributed by atoms with Gasteiger partial charge in [0.2, 0.25) is 0 Å². The van der Waals surface area contributed by atoms with Crippen LogP contribution in [0.5, 0.6) is 0 Å². The Hall–Kier alpha value is -1.34. The van der Waals surface area contributed by atoms with Crippen LogP contribution in [-0.4, -0.2) is 0 Å². The number of rotatable bonds is 1. The second-order valence-electron chi connectivity index (χ2n) is 5.15. The summed E-state index contributed by atoms with van der Waals surface area (Å²) in [5.74, 6) is 0. The zero-order valence-electron chi connectivity index (χ0n) is 11.6. The van der Waals surface area contributed by atoms with Gasteiger partial charge in [0, 0.05) is 26.6 Å². The fourth-order valence-electron chi connectivity index (χ4n) is 2.84. The van der Waals surface area contributed by atoms with Gasteiger partial charge in [-0.15, -0.1) is 0 Å². The molecule has 0 aliphatic carbocycles. The van der Waals surface area contributed by atoms with E-state index in [0.717, 1.165) is 10.2 Å². The van der Waals surface area contributed by atoms with Crippen molar-refractivity contribution >= 4 is 45.6 Å². The molecular formula is C18H12BrClNP. The van der Waals surface area contributed by atoms with Crippen molar-refractivity contribution in [2.45, 2.75) is 0 Å². The molecule has 0 radical (unpaired) electrons. The van der Waals surface area contributed by atoms with E-state index >= 15 is 0 Å². The molecule has 0 fully saturated rings. The van der Waals surface area contributed by atoms with Crippen LogP contribution in [-0.2, 0) is 0 Å². The maximum Gasteiger partial charge on any atom is 0.119 e. The number of hydrogen-bond donors (Lipinski definition) is 1. The van der Waals surface area contributed by atoms with E-state index in [0.29, 0.717) is 0 Å². The van der Waals surface area contributed by atoms with E-state index in [1.807, 2.05) is 6.07 Å². The monoisotopic (exact) mass is 387 g/mol. The maximum atomic E-state index is 6.63. The van der Waals surface area contributed by atoms with Gasteiger partial charge >= 0.3 is 0 Å². The highest BCUT2D eigenvalue weighted by atomic mass is 79.9. The Morgan fingerprint density at radius 2 is 1.68 bits per heavy atom. The van der Waals surface area contributed by atoms with E-state index in [1.54, 1.807) is 0 Å². The number of halogens is 2. The predicted molar refractivity (Wildman–Crippen MR) is 101 cm³/mol. The second-order valence-corrected chi connectivity index (χ2v) is 8.35. The molecule has 1 unspecified atom stereocenters. The topological polar surface area (TPSA) is 12.0 Å². The van der Waals surface area contributed by atoms with Crippen molar-refractivity contribution in [1.82, 2.24) is 0 Å². The Kier molecular flexibility index (Phi) is 3.69. The standard InChI is InChI=1S/C18H12BrClNP/c19-13-9-10-15-16(11-13)21-22(20)17-8-4-7-14(18(15)17)12-5-2-1-3-6-12/h1-11,21H. The first-order valence-corrected chi connectivity index (χ1v) is 9.99. The lowest BCUT2D eigenvalue weighted by Gasteiger charge is -2.27. The molecule has 0 aromatic heterocycles. The number of anilines is 1. The zero-order chi connectivity index (χ0) is 15.1. The Bertz CT molecular complexity index is 851. The molecular weight excluding hydrogens is 377 g/mol. The second kappa shape index (κ2) is 5.70. The Morgan fingerprint density at radius 3 is 2.50 bits per heavy atom. The summed E-state index contributed by atoms with van der Waals surface area (Å²) < 4.78 is 1.06. The number of benzene rings is 3. The van der Waals surface area contributed by atoms with E-state index in [9.17, 15) is 0 Å². The smallest absolute Gasteiger partial charge is 0.119 e. The van der Waals surface area contributed by atoms with E-state index in [4.69, 9.17) is 11.2 Å². The van der Waals surface area contributed by atoms with Gasteiger partial charge in [-0.25, -0.2) is 0 Å².